The van der Waals surface area contributed by atoms with Gasteiger partial charge in [-0.1, -0.05) is 37.3 Å². The van der Waals surface area contributed by atoms with Crippen molar-refractivity contribution in [2.45, 2.75) is 75.6 Å². The number of carbonyl (C=O) groups excluding carboxylic acids is 4. The number of primary amides is 1. The third-order valence-electron chi connectivity index (χ3n) is 11.9. The van der Waals surface area contributed by atoms with Crippen molar-refractivity contribution < 1.29 is 37.5 Å². The first-order valence-electron chi connectivity index (χ1n) is 21.8. The number of aromatic nitrogens is 2. The summed E-state index contributed by atoms with van der Waals surface area (Å²) in [5.74, 6) is -2.70. The number of nitrogens with zero attached hydrogens (tertiary/aromatic N) is 4. The second-order valence-corrected chi connectivity index (χ2v) is 18.1. The molecule has 1 aliphatic carbocycles. The van der Waals surface area contributed by atoms with Crippen LogP contribution in [-0.4, -0.2) is 83.1 Å². The number of aliphatic carboxylic acids is 1. The second kappa shape index (κ2) is 20.7. The van der Waals surface area contributed by atoms with Gasteiger partial charge in [0, 0.05) is 54.3 Å². The molecule has 65 heavy (non-hydrogen) atoms. The number of carboxylic acid groups (broad SMARTS) is 1. The molecule has 16 nitrogen and oxygen atoms in total. The first kappa shape index (κ1) is 46.0. The summed E-state index contributed by atoms with van der Waals surface area (Å²) in [5, 5.41) is 17.8. The average molecular weight is 901 g/mol. The summed E-state index contributed by atoms with van der Waals surface area (Å²) >= 11 is 0. The van der Waals surface area contributed by atoms with Crippen LogP contribution in [0.15, 0.2) is 108 Å². The van der Waals surface area contributed by atoms with Crippen molar-refractivity contribution in [1.29, 1.82) is 0 Å². The van der Waals surface area contributed by atoms with Gasteiger partial charge in [-0.2, -0.15) is 4.31 Å². The topological polar surface area (TPSA) is 234 Å². The fraction of sp³-hybridized carbons (Fsp3) is 0.312. The number of carbonyl (C=O) groups is 5. The van der Waals surface area contributed by atoms with Gasteiger partial charge in [0.15, 0.2) is 5.69 Å². The zero-order chi connectivity index (χ0) is 46.1. The SMILES string of the molecule is CCN(C1CCC(C(=O)O)CC1)S(=O)(=O)c1cccc(C(=O)Nc2ccc(N3CCCCC3)nc2C(=O)Nc2ccc(CCc3ccc(C(=O)Nc4cc(C(N)=O)ccn4)cc3)cc2)c1. The fourth-order valence-electron chi connectivity index (χ4n) is 8.28. The summed E-state index contributed by atoms with van der Waals surface area (Å²) in [6.45, 7) is 3.49. The van der Waals surface area contributed by atoms with E-state index >= 15 is 0 Å². The van der Waals surface area contributed by atoms with Gasteiger partial charge in [0.05, 0.1) is 16.5 Å². The van der Waals surface area contributed by atoms with Crippen LogP contribution >= 0.6 is 0 Å². The Morgan fingerprint density at radius 2 is 1.40 bits per heavy atom. The van der Waals surface area contributed by atoms with Gasteiger partial charge in [-0.15, -0.1) is 0 Å². The Kier molecular flexibility index (Phi) is 14.6. The second-order valence-electron chi connectivity index (χ2n) is 16.2. The molecule has 5 aromatic rings. The van der Waals surface area contributed by atoms with E-state index in [1.165, 1.54) is 46.9 Å². The quantitative estimate of drug-likeness (QED) is 0.0694. The van der Waals surface area contributed by atoms with Crippen LogP contribution in [0.4, 0.5) is 23.0 Å². The smallest absolute Gasteiger partial charge is 0.306 e. The number of pyridine rings is 2. The molecule has 3 heterocycles. The molecule has 0 bridgehead atoms. The zero-order valence-electron chi connectivity index (χ0n) is 36.0. The Balaban J connectivity index is 1.01. The molecule has 2 fully saturated rings. The van der Waals surface area contributed by atoms with Crippen molar-refractivity contribution in [3.63, 3.8) is 0 Å². The van der Waals surface area contributed by atoms with Gasteiger partial charge in [0.1, 0.15) is 11.6 Å². The molecule has 0 spiro atoms. The van der Waals surface area contributed by atoms with Crippen molar-refractivity contribution >= 4 is 62.6 Å². The molecule has 17 heteroatoms. The Morgan fingerprint density at radius 1 is 0.738 bits per heavy atom. The number of amides is 4. The number of piperidine rings is 1. The number of carboxylic acids is 1. The summed E-state index contributed by atoms with van der Waals surface area (Å²) in [7, 11) is -4.03. The van der Waals surface area contributed by atoms with Gasteiger partial charge in [-0.3, -0.25) is 24.0 Å². The Bertz CT molecular complexity index is 2660. The van der Waals surface area contributed by atoms with Crippen molar-refractivity contribution in [1.82, 2.24) is 14.3 Å². The summed E-state index contributed by atoms with van der Waals surface area (Å²) < 4.78 is 29.2. The maximum absolute atomic E-state index is 14.0. The summed E-state index contributed by atoms with van der Waals surface area (Å²) in [6.07, 6.45) is 7.49. The molecule has 0 atom stereocenters. The minimum absolute atomic E-state index is 0.00373. The highest BCUT2D eigenvalue weighted by Gasteiger charge is 2.35. The molecule has 6 N–H and O–H groups in total. The molecular weight excluding hydrogens is 849 g/mol. The van der Waals surface area contributed by atoms with Crippen LogP contribution in [0.1, 0.15) is 105 Å². The lowest BCUT2D eigenvalue weighted by Gasteiger charge is -2.34. The molecule has 4 amide bonds. The molecular formula is C48H52N8O8S. The van der Waals surface area contributed by atoms with Gasteiger partial charge in [-0.05, 0) is 136 Å². The summed E-state index contributed by atoms with van der Waals surface area (Å²) in [4.78, 5) is 74.4. The van der Waals surface area contributed by atoms with Crippen LogP contribution < -0.4 is 26.6 Å². The lowest BCUT2D eigenvalue weighted by Crippen LogP contribution is -2.42. The number of benzene rings is 3. The van der Waals surface area contributed by atoms with Crippen molar-refractivity contribution in [2.75, 3.05) is 40.5 Å². The highest BCUT2D eigenvalue weighted by molar-refractivity contribution is 7.89. The normalized spacial score (nSPS) is 16.4. The van der Waals surface area contributed by atoms with Gasteiger partial charge in [-0.25, -0.2) is 18.4 Å². The van der Waals surface area contributed by atoms with Crippen LogP contribution in [0.2, 0.25) is 0 Å². The number of rotatable bonds is 16. The van der Waals surface area contributed by atoms with E-state index in [1.807, 2.05) is 24.3 Å². The van der Waals surface area contributed by atoms with Crippen LogP contribution in [0.25, 0.3) is 0 Å². The Labute approximate surface area is 377 Å². The fourth-order valence-corrected chi connectivity index (χ4v) is 10.0. The number of sulfonamides is 1. The number of nitrogens with two attached hydrogens (primary N) is 1. The summed E-state index contributed by atoms with van der Waals surface area (Å²) in [6, 6.07) is 26.3. The molecule has 1 aliphatic heterocycles. The predicted octanol–water partition coefficient (Wildman–Crippen LogP) is 6.76. The summed E-state index contributed by atoms with van der Waals surface area (Å²) in [5.41, 5.74) is 8.75. The standard InChI is InChI=1S/C48H52N8O8S/c1-2-56(38-21-17-34(18-22-38)48(61)62)65(63,64)39-8-6-7-36(29-39)46(59)52-40-23-24-42(55-27-4-3-5-28-55)54-43(40)47(60)51-37-19-13-32(14-20-37)10-9-31-11-15-33(16-12-31)45(58)53-41-30-35(44(49)57)25-26-50-41/h6-8,11-16,19-20,23-26,29-30,34,38H,2-5,9-10,17-18,21-22,27-28H2,1H3,(H2,49,57)(H,51,60)(H,52,59)(H,61,62)(H,50,53,58). The van der Waals surface area contributed by atoms with E-state index < -0.39 is 39.6 Å². The van der Waals surface area contributed by atoms with Gasteiger partial charge in [0.25, 0.3) is 17.7 Å². The van der Waals surface area contributed by atoms with Gasteiger partial charge in [0.2, 0.25) is 15.9 Å². The van der Waals surface area contributed by atoms with E-state index in [0.717, 1.165) is 43.5 Å². The van der Waals surface area contributed by atoms with Crippen molar-refractivity contribution in [3.05, 3.63) is 137 Å². The maximum Gasteiger partial charge on any atom is 0.306 e. The number of anilines is 4. The molecule has 0 unspecified atom stereocenters. The zero-order valence-corrected chi connectivity index (χ0v) is 36.9. The van der Waals surface area contributed by atoms with E-state index in [1.54, 1.807) is 43.3 Å². The third-order valence-corrected chi connectivity index (χ3v) is 13.9. The Hall–Kier alpha value is -6.98. The number of nitrogens with one attached hydrogen (secondary N) is 3. The number of aryl methyl sites for hydroxylation is 2. The maximum atomic E-state index is 14.0. The highest BCUT2D eigenvalue weighted by Crippen LogP contribution is 2.32. The van der Waals surface area contributed by atoms with Crippen LogP contribution in [-0.2, 0) is 27.7 Å². The first-order chi connectivity index (χ1) is 31.3. The van der Waals surface area contributed by atoms with Gasteiger partial charge < -0.3 is 31.7 Å². The molecule has 338 valence electrons. The van der Waals surface area contributed by atoms with E-state index in [9.17, 15) is 37.5 Å². The highest BCUT2D eigenvalue weighted by atomic mass is 32.2. The Morgan fingerprint density at radius 3 is 2.05 bits per heavy atom. The number of hydrogen-bond acceptors (Lipinski definition) is 10. The minimum Gasteiger partial charge on any atom is -0.481 e. The molecule has 1 saturated carbocycles. The van der Waals surface area contributed by atoms with E-state index in [0.29, 0.717) is 55.6 Å². The lowest BCUT2D eigenvalue weighted by molar-refractivity contribution is -0.143. The van der Waals surface area contributed by atoms with Crippen molar-refractivity contribution in [2.24, 2.45) is 11.7 Å². The molecule has 0 radical (unpaired) electrons. The molecule has 2 aromatic heterocycles. The van der Waals surface area contributed by atoms with E-state index in [2.05, 4.69) is 25.8 Å². The molecule has 2 aliphatic rings. The van der Waals surface area contributed by atoms with E-state index in [4.69, 9.17) is 10.7 Å². The third kappa shape index (κ3) is 11.4. The average Bonchev–Trinajstić information content (AvgIpc) is 3.32. The van der Waals surface area contributed by atoms with Crippen LogP contribution in [0.5, 0.6) is 0 Å². The predicted molar refractivity (Wildman–Crippen MR) is 247 cm³/mol. The van der Waals surface area contributed by atoms with Gasteiger partial charge >= 0.3 is 5.97 Å². The molecule has 1 saturated heterocycles. The first-order valence-corrected chi connectivity index (χ1v) is 23.2. The lowest BCUT2D eigenvalue weighted by atomic mass is 9.86. The van der Waals surface area contributed by atoms with Crippen molar-refractivity contribution in [3.8, 4) is 0 Å². The minimum atomic E-state index is -4.03. The largest absolute Gasteiger partial charge is 0.481 e. The number of hydrogen-bond donors (Lipinski definition) is 5. The van der Waals surface area contributed by atoms with Crippen LogP contribution in [0.3, 0.4) is 0 Å². The van der Waals surface area contributed by atoms with E-state index in [-0.39, 0.29) is 51.7 Å². The monoisotopic (exact) mass is 900 g/mol. The van der Waals surface area contributed by atoms with Crippen LogP contribution in [0, 0.1) is 5.92 Å². The molecule has 7 rings (SSSR count). The molecule has 3 aromatic carbocycles.